The number of hydrogen-bond acceptors (Lipinski definition) is 2. The molecule has 0 heterocycles. The Kier molecular flexibility index (Phi) is 7.68. The van der Waals surface area contributed by atoms with E-state index in [0.717, 1.165) is 31.0 Å². The predicted molar refractivity (Wildman–Crippen MR) is 76.7 cm³/mol. The summed E-state index contributed by atoms with van der Waals surface area (Å²) in [5.74, 6) is -0.878. The maximum Gasteiger partial charge on any atom is 0.315 e. The number of benzene rings is 1. The molecule has 0 aliphatic carbocycles. The summed E-state index contributed by atoms with van der Waals surface area (Å²) in [6, 6.07) is 2.69. The zero-order valence-electron chi connectivity index (χ0n) is 12.2. The first-order valence-corrected chi connectivity index (χ1v) is 7.13. The van der Waals surface area contributed by atoms with Gasteiger partial charge in [0, 0.05) is 25.3 Å². The Balaban J connectivity index is 2.38. The van der Waals surface area contributed by atoms with Gasteiger partial charge in [-0.25, -0.2) is 13.6 Å². The second-order valence-electron chi connectivity index (χ2n) is 4.97. The van der Waals surface area contributed by atoms with Crippen LogP contribution in [0.3, 0.4) is 0 Å². The van der Waals surface area contributed by atoms with Crippen LogP contribution in [0.1, 0.15) is 31.7 Å². The first kappa shape index (κ1) is 17.4. The van der Waals surface area contributed by atoms with Gasteiger partial charge in [0.05, 0.1) is 0 Å². The van der Waals surface area contributed by atoms with Gasteiger partial charge >= 0.3 is 6.03 Å². The molecule has 4 nitrogen and oxygen atoms in total. The van der Waals surface area contributed by atoms with Crippen molar-refractivity contribution in [3.63, 3.8) is 0 Å². The van der Waals surface area contributed by atoms with Gasteiger partial charge in [0.1, 0.15) is 11.6 Å². The molecule has 1 aromatic rings. The van der Waals surface area contributed by atoms with Crippen LogP contribution in [0.2, 0.25) is 0 Å². The maximum absolute atomic E-state index is 13.4. The molecule has 0 bridgehead atoms. The van der Waals surface area contributed by atoms with Crippen LogP contribution in [0.15, 0.2) is 18.2 Å². The summed E-state index contributed by atoms with van der Waals surface area (Å²) < 4.78 is 26.3. The number of nitrogens with one attached hydrogen (secondary N) is 2. The zero-order valence-corrected chi connectivity index (χ0v) is 12.2. The third kappa shape index (κ3) is 6.53. The van der Waals surface area contributed by atoms with Gasteiger partial charge in [0.25, 0.3) is 0 Å². The number of carbonyl (C=O) groups is 1. The fraction of sp³-hybridized carbons (Fsp3) is 0.533. The lowest BCUT2D eigenvalue weighted by Crippen LogP contribution is -2.38. The largest absolute Gasteiger partial charge is 0.396 e. The monoisotopic (exact) mass is 300 g/mol. The van der Waals surface area contributed by atoms with Crippen LogP contribution in [0.25, 0.3) is 0 Å². The van der Waals surface area contributed by atoms with Gasteiger partial charge in [0.2, 0.25) is 0 Å². The van der Waals surface area contributed by atoms with Gasteiger partial charge in [-0.2, -0.15) is 0 Å². The minimum Gasteiger partial charge on any atom is -0.396 e. The lowest BCUT2D eigenvalue weighted by atomic mass is 10.0. The summed E-state index contributed by atoms with van der Waals surface area (Å²) in [5.41, 5.74) is 0.102. The topological polar surface area (TPSA) is 61.4 Å². The highest BCUT2D eigenvalue weighted by molar-refractivity contribution is 5.73. The number of urea groups is 1. The highest BCUT2D eigenvalue weighted by atomic mass is 19.1. The molecule has 3 N–H and O–H groups in total. The summed E-state index contributed by atoms with van der Waals surface area (Å²) in [4.78, 5) is 11.6. The quantitative estimate of drug-likeness (QED) is 0.691. The van der Waals surface area contributed by atoms with Crippen molar-refractivity contribution in [3.8, 4) is 0 Å². The van der Waals surface area contributed by atoms with Gasteiger partial charge in [-0.3, -0.25) is 0 Å². The molecule has 0 fully saturated rings. The van der Waals surface area contributed by atoms with E-state index in [1.165, 1.54) is 0 Å². The van der Waals surface area contributed by atoms with Crippen molar-refractivity contribution in [2.75, 3.05) is 13.2 Å². The lowest BCUT2D eigenvalue weighted by molar-refractivity contribution is 0.229. The van der Waals surface area contributed by atoms with Crippen molar-refractivity contribution in [3.05, 3.63) is 35.4 Å². The Morgan fingerprint density at radius 3 is 2.71 bits per heavy atom. The van der Waals surface area contributed by atoms with E-state index in [4.69, 9.17) is 5.11 Å². The van der Waals surface area contributed by atoms with Gasteiger partial charge in [-0.05, 0) is 37.0 Å². The number of aliphatic hydroxyl groups is 1. The molecule has 1 unspecified atom stereocenters. The zero-order chi connectivity index (χ0) is 15.7. The molecular weight excluding hydrogens is 278 g/mol. The van der Waals surface area contributed by atoms with E-state index in [1.54, 1.807) is 0 Å². The molecule has 2 amide bonds. The van der Waals surface area contributed by atoms with E-state index >= 15 is 0 Å². The minimum atomic E-state index is -0.555. The number of carbonyl (C=O) groups excluding carboxylic acids is 1. The van der Waals surface area contributed by atoms with Crippen LogP contribution >= 0.6 is 0 Å². The molecule has 0 aliphatic heterocycles. The Morgan fingerprint density at radius 1 is 1.29 bits per heavy atom. The van der Waals surface area contributed by atoms with Crippen molar-refractivity contribution >= 4 is 6.03 Å². The van der Waals surface area contributed by atoms with Crippen LogP contribution < -0.4 is 10.6 Å². The second-order valence-corrected chi connectivity index (χ2v) is 4.97. The van der Waals surface area contributed by atoms with Crippen LogP contribution in [-0.4, -0.2) is 24.3 Å². The predicted octanol–water partition coefficient (Wildman–Crippen LogP) is 2.56. The Labute approximate surface area is 123 Å². The summed E-state index contributed by atoms with van der Waals surface area (Å²) in [6.45, 7) is 2.50. The minimum absolute atomic E-state index is 0.0755. The first-order chi connectivity index (χ1) is 10.1. The average molecular weight is 300 g/mol. The van der Waals surface area contributed by atoms with Crippen molar-refractivity contribution in [1.29, 1.82) is 0 Å². The number of halogens is 2. The Bertz CT molecular complexity index is 449. The molecule has 0 saturated carbocycles. The van der Waals surface area contributed by atoms with Crippen LogP contribution in [0.4, 0.5) is 13.6 Å². The fourth-order valence-electron chi connectivity index (χ4n) is 2.09. The summed E-state index contributed by atoms with van der Waals surface area (Å²) in [6.07, 6.45) is 2.52. The molecule has 6 heteroatoms. The molecule has 1 aromatic carbocycles. The average Bonchev–Trinajstić information content (AvgIpc) is 2.46. The van der Waals surface area contributed by atoms with Crippen LogP contribution in [-0.2, 0) is 6.54 Å². The number of aliphatic hydroxyl groups excluding tert-OH is 1. The summed E-state index contributed by atoms with van der Waals surface area (Å²) >= 11 is 0. The van der Waals surface area contributed by atoms with Crippen molar-refractivity contribution in [2.24, 2.45) is 5.92 Å². The van der Waals surface area contributed by atoms with Crippen molar-refractivity contribution < 1.29 is 18.7 Å². The molecule has 0 aliphatic rings. The van der Waals surface area contributed by atoms with Gasteiger partial charge in [0.15, 0.2) is 0 Å². The third-order valence-electron chi connectivity index (χ3n) is 3.23. The number of amides is 2. The molecular formula is C15H22F2N2O2. The number of rotatable bonds is 8. The maximum atomic E-state index is 13.4. The van der Waals surface area contributed by atoms with E-state index in [0.29, 0.717) is 13.0 Å². The standard InChI is InChI=1S/C15H22F2N2O2/c1-2-3-11(6-7-20)9-18-15(21)19-10-12-8-13(16)4-5-14(12)17/h4-5,8,11,20H,2-3,6-7,9-10H2,1H3,(H2,18,19,21). The molecule has 21 heavy (non-hydrogen) atoms. The van der Waals surface area contributed by atoms with Gasteiger partial charge in [-0.15, -0.1) is 0 Å². The van der Waals surface area contributed by atoms with Crippen LogP contribution in [0.5, 0.6) is 0 Å². The molecule has 0 spiro atoms. The fourth-order valence-corrected chi connectivity index (χ4v) is 2.09. The van der Waals surface area contributed by atoms with Gasteiger partial charge < -0.3 is 15.7 Å². The normalized spacial score (nSPS) is 12.0. The highest BCUT2D eigenvalue weighted by Gasteiger charge is 2.10. The molecule has 0 saturated heterocycles. The Morgan fingerprint density at radius 2 is 2.05 bits per heavy atom. The molecule has 0 radical (unpaired) electrons. The smallest absolute Gasteiger partial charge is 0.315 e. The van der Waals surface area contributed by atoms with Crippen LogP contribution in [0, 0.1) is 17.6 Å². The first-order valence-electron chi connectivity index (χ1n) is 7.13. The van der Waals surface area contributed by atoms with Crippen molar-refractivity contribution in [1.82, 2.24) is 10.6 Å². The third-order valence-corrected chi connectivity index (χ3v) is 3.23. The van der Waals surface area contributed by atoms with E-state index in [-0.39, 0.29) is 24.6 Å². The lowest BCUT2D eigenvalue weighted by Gasteiger charge is -2.16. The number of hydrogen-bond donors (Lipinski definition) is 3. The SMILES string of the molecule is CCCC(CCO)CNC(=O)NCc1cc(F)ccc1F. The molecule has 1 rings (SSSR count). The van der Waals surface area contributed by atoms with Gasteiger partial charge in [-0.1, -0.05) is 13.3 Å². The summed E-state index contributed by atoms with van der Waals surface area (Å²) in [5, 5.41) is 14.1. The van der Waals surface area contributed by atoms with E-state index < -0.39 is 17.7 Å². The molecule has 1 atom stereocenters. The van der Waals surface area contributed by atoms with E-state index in [2.05, 4.69) is 10.6 Å². The second kappa shape index (κ2) is 9.28. The Hall–Kier alpha value is -1.69. The highest BCUT2D eigenvalue weighted by Crippen LogP contribution is 2.10. The van der Waals surface area contributed by atoms with E-state index in [1.807, 2.05) is 6.92 Å². The van der Waals surface area contributed by atoms with Crippen molar-refractivity contribution in [2.45, 2.75) is 32.7 Å². The van der Waals surface area contributed by atoms with E-state index in [9.17, 15) is 13.6 Å². The summed E-state index contributed by atoms with van der Waals surface area (Å²) in [7, 11) is 0. The molecule has 118 valence electrons. The molecule has 0 aromatic heterocycles.